The molecule has 5 aliphatic carbocycles. The Morgan fingerprint density at radius 3 is 1.95 bits per heavy atom. The van der Waals surface area contributed by atoms with Gasteiger partial charge in [-0.3, -0.25) is 4.79 Å². The summed E-state index contributed by atoms with van der Waals surface area (Å²) >= 11 is 0. The van der Waals surface area contributed by atoms with Crippen molar-refractivity contribution in [3.63, 3.8) is 0 Å². The smallest absolute Gasteiger partial charge is 0.309 e. The van der Waals surface area contributed by atoms with Gasteiger partial charge in [0.1, 0.15) is 0 Å². The van der Waals surface area contributed by atoms with Gasteiger partial charge in [-0.1, -0.05) is 12.8 Å². The van der Waals surface area contributed by atoms with Crippen LogP contribution in [-0.4, -0.2) is 11.1 Å². The second-order valence-corrected chi connectivity index (χ2v) is 8.09. The molecule has 5 aliphatic rings. The summed E-state index contributed by atoms with van der Waals surface area (Å²) in [6.07, 6.45) is 12.4. The van der Waals surface area contributed by atoms with E-state index in [2.05, 4.69) is 0 Å². The van der Waals surface area contributed by atoms with Crippen LogP contribution in [0.4, 0.5) is 0 Å². The van der Waals surface area contributed by atoms with Crippen LogP contribution < -0.4 is 0 Å². The first-order chi connectivity index (χ1) is 9.16. The molecule has 0 spiro atoms. The Morgan fingerprint density at radius 2 is 1.47 bits per heavy atom. The molecule has 5 fully saturated rings. The van der Waals surface area contributed by atoms with Crippen molar-refractivity contribution in [2.45, 2.75) is 64.2 Å². The molecule has 0 unspecified atom stereocenters. The third kappa shape index (κ3) is 1.86. The minimum absolute atomic E-state index is 0.333. The molecule has 19 heavy (non-hydrogen) atoms. The lowest BCUT2D eigenvalue weighted by Crippen LogP contribution is -2.47. The predicted molar refractivity (Wildman–Crippen MR) is 73.7 cm³/mol. The Morgan fingerprint density at radius 1 is 0.947 bits per heavy atom. The van der Waals surface area contributed by atoms with Gasteiger partial charge in [0.05, 0.1) is 5.41 Å². The van der Waals surface area contributed by atoms with Crippen molar-refractivity contribution in [2.24, 2.45) is 35.0 Å². The van der Waals surface area contributed by atoms with Crippen LogP contribution in [0.1, 0.15) is 64.2 Å². The summed E-state index contributed by atoms with van der Waals surface area (Å²) in [5.74, 6) is 4.04. The molecule has 0 aliphatic heterocycles. The van der Waals surface area contributed by atoms with Gasteiger partial charge in [-0.05, 0) is 81.0 Å². The molecule has 0 amide bonds. The lowest BCUT2D eigenvalue weighted by Gasteiger charge is -2.55. The highest BCUT2D eigenvalue weighted by molar-refractivity contribution is 5.75. The van der Waals surface area contributed by atoms with Crippen molar-refractivity contribution in [3.05, 3.63) is 0 Å². The third-order valence-electron chi connectivity index (χ3n) is 7.06. The van der Waals surface area contributed by atoms with E-state index in [0.29, 0.717) is 0 Å². The lowest BCUT2D eigenvalue weighted by molar-refractivity contribution is -0.152. The Balaban J connectivity index is 1.55. The average molecular weight is 262 g/mol. The topological polar surface area (TPSA) is 37.3 Å². The summed E-state index contributed by atoms with van der Waals surface area (Å²) in [5.41, 5.74) is -0.333. The van der Waals surface area contributed by atoms with Crippen LogP contribution in [0.15, 0.2) is 0 Å². The maximum absolute atomic E-state index is 11.8. The van der Waals surface area contributed by atoms with Crippen LogP contribution in [0.25, 0.3) is 0 Å². The van der Waals surface area contributed by atoms with Crippen LogP contribution in [0.2, 0.25) is 0 Å². The minimum Gasteiger partial charge on any atom is -0.481 e. The first kappa shape index (κ1) is 12.2. The van der Waals surface area contributed by atoms with Crippen molar-refractivity contribution in [1.29, 1.82) is 0 Å². The number of carboxylic acids is 1. The lowest BCUT2D eigenvalue weighted by atomic mass is 9.50. The molecule has 5 saturated carbocycles. The highest BCUT2D eigenvalue weighted by Crippen LogP contribution is 2.60. The van der Waals surface area contributed by atoms with Crippen molar-refractivity contribution >= 4 is 5.97 Å². The number of carboxylic acid groups (broad SMARTS) is 1. The van der Waals surface area contributed by atoms with Crippen LogP contribution in [-0.2, 0) is 4.79 Å². The van der Waals surface area contributed by atoms with Gasteiger partial charge in [0.15, 0.2) is 0 Å². The Labute approximate surface area is 116 Å². The second kappa shape index (κ2) is 4.23. The van der Waals surface area contributed by atoms with Crippen LogP contribution in [0.3, 0.4) is 0 Å². The zero-order valence-electron chi connectivity index (χ0n) is 11.8. The normalized spacial score (nSPS) is 46.6. The fourth-order valence-corrected chi connectivity index (χ4v) is 6.38. The van der Waals surface area contributed by atoms with Gasteiger partial charge < -0.3 is 5.11 Å². The number of aliphatic carboxylic acids is 1. The van der Waals surface area contributed by atoms with Crippen molar-refractivity contribution in [2.75, 3.05) is 0 Å². The van der Waals surface area contributed by atoms with Crippen molar-refractivity contribution in [1.82, 2.24) is 0 Å². The zero-order valence-corrected chi connectivity index (χ0v) is 11.8. The number of carbonyl (C=O) groups is 1. The van der Waals surface area contributed by atoms with Crippen molar-refractivity contribution < 1.29 is 9.90 Å². The van der Waals surface area contributed by atoms with Gasteiger partial charge in [0.25, 0.3) is 0 Å². The number of rotatable bonds is 3. The molecule has 0 aromatic rings. The molecule has 5 rings (SSSR count). The van der Waals surface area contributed by atoms with Crippen LogP contribution >= 0.6 is 0 Å². The summed E-state index contributed by atoms with van der Waals surface area (Å²) < 4.78 is 0. The summed E-state index contributed by atoms with van der Waals surface area (Å²) in [4.78, 5) is 11.8. The fourth-order valence-electron chi connectivity index (χ4n) is 6.38. The molecule has 1 N–H and O–H groups in total. The molecular formula is C17H26O2. The summed E-state index contributed by atoms with van der Waals surface area (Å²) in [7, 11) is 0. The first-order valence-corrected chi connectivity index (χ1v) is 8.40. The van der Waals surface area contributed by atoms with E-state index in [1.54, 1.807) is 0 Å². The number of hydrogen-bond donors (Lipinski definition) is 1. The molecule has 106 valence electrons. The second-order valence-electron chi connectivity index (χ2n) is 8.09. The van der Waals surface area contributed by atoms with Crippen molar-refractivity contribution in [3.8, 4) is 0 Å². The van der Waals surface area contributed by atoms with E-state index < -0.39 is 5.97 Å². The average Bonchev–Trinajstić information content (AvgIpc) is 2.83. The maximum atomic E-state index is 11.8. The van der Waals surface area contributed by atoms with E-state index in [-0.39, 0.29) is 5.41 Å². The molecule has 4 bridgehead atoms. The van der Waals surface area contributed by atoms with Crippen LogP contribution in [0, 0.1) is 35.0 Å². The van der Waals surface area contributed by atoms with E-state index in [0.717, 1.165) is 61.7 Å². The third-order valence-corrected chi connectivity index (χ3v) is 7.06. The number of hydrogen-bond acceptors (Lipinski definition) is 1. The molecular weight excluding hydrogens is 236 g/mol. The molecule has 0 radical (unpaired) electrons. The summed E-state index contributed by atoms with van der Waals surface area (Å²) in [5, 5.41) is 9.72. The fraction of sp³-hybridized carbons (Fsp3) is 0.941. The quantitative estimate of drug-likeness (QED) is 0.831. The predicted octanol–water partition coefficient (Wildman–Crippen LogP) is 4.09. The van der Waals surface area contributed by atoms with E-state index in [4.69, 9.17) is 0 Å². The van der Waals surface area contributed by atoms with Gasteiger partial charge in [0, 0.05) is 0 Å². The highest BCUT2D eigenvalue weighted by atomic mass is 16.4. The summed E-state index contributed by atoms with van der Waals surface area (Å²) in [6, 6.07) is 0. The first-order valence-electron chi connectivity index (χ1n) is 8.40. The zero-order chi connectivity index (χ0) is 13.0. The van der Waals surface area contributed by atoms with Gasteiger partial charge >= 0.3 is 5.97 Å². The standard InChI is InChI=1S/C17H26O2/c18-16(19)17(3-1-2-4-17)10-15-13-6-11-5-12(8-13)9-14(15)7-11/h11-15H,1-10H2,(H,18,19). The monoisotopic (exact) mass is 262 g/mol. The van der Waals surface area contributed by atoms with E-state index >= 15 is 0 Å². The van der Waals surface area contributed by atoms with E-state index in [9.17, 15) is 9.90 Å². The Bertz CT molecular complexity index is 353. The van der Waals surface area contributed by atoms with Gasteiger partial charge in [-0.2, -0.15) is 0 Å². The molecule has 2 nitrogen and oxygen atoms in total. The van der Waals surface area contributed by atoms with E-state index in [1.165, 1.54) is 32.1 Å². The SMILES string of the molecule is O=C(O)C1(CC2C3CC4CC(C3)CC2C4)CCCC1. The molecule has 0 aromatic heterocycles. The molecule has 0 atom stereocenters. The minimum atomic E-state index is -0.487. The van der Waals surface area contributed by atoms with Gasteiger partial charge in [-0.25, -0.2) is 0 Å². The molecule has 2 heteroatoms. The van der Waals surface area contributed by atoms with Crippen LogP contribution in [0.5, 0.6) is 0 Å². The molecule has 0 aromatic carbocycles. The Hall–Kier alpha value is -0.530. The Kier molecular flexibility index (Phi) is 2.72. The maximum Gasteiger partial charge on any atom is 0.309 e. The summed E-state index contributed by atoms with van der Waals surface area (Å²) in [6.45, 7) is 0. The van der Waals surface area contributed by atoms with Gasteiger partial charge in [0.2, 0.25) is 0 Å². The van der Waals surface area contributed by atoms with E-state index in [1.807, 2.05) is 0 Å². The van der Waals surface area contributed by atoms with Gasteiger partial charge in [-0.15, -0.1) is 0 Å². The largest absolute Gasteiger partial charge is 0.481 e. The highest BCUT2D eigenvalue weighted by Gasteiger charge is 2.52. The molecule has 0 heterocycles. The molecule has 0 saturated heterocycles.